The number of aryl methyl sites for hydroxylation is 2. The van der Waals surface area contributed by atoms with Gasteiger partial charge in [0.15, 0.2) is 0 Å². The van der Waals surface area contributed by atoms with Crippen LogP contribution in [0.1, 0.15) is 71.8 Å². The molecule has 190 valence electrons. The first kappa shape index (κ1) is 26.2. The van der Waals surface area contributed by atoms with Crippen molar-refractivity contribution in [2.45, 2.75) is 38.1 Å². The van der Waals surface area contributed by atoms with Crippen LogP contribution in [-0.4, -0.2) is 66.6 Å². The molecule has 2 aromatic carbocycles. The third-order valence-corrected chi connectivity index (χ3v) is 7.31. The molecule has 2 aromatic rings. The number of piperazine rings is 1. The van der Waals surface area contributed by atoms with Crippen LogP contribution in [-0.2, 0) is 12.8 Å². The summed E-state index contributed by atoms with van der Waals surface area (Å²) in [4.78, 5) is 48.4. The highest BCUT2D eigenvalue weighted by Crippen LogP contribution is 2.22. The van der Waals surface area contributed by atoms with Gasteiger partial charge in [-0.15, -0.1) is 0 Å². The van der Waals surface area contributed by atoms with Crippen LogP contribution in [0.25, 0.3) is 0 Å². The van der Waals surface area contributed by atoms with Crippen LogP contribution in [0.2, 0.25) is 0 Å². The van der Waals surface area contributed by atoms with E-state index >= 15 is 0 Å². The normalized spacial score (nSPS) is 18.8. The number of likely N-dealkylation sites (N-methyl/N-ethyl adjacent to an activating group) is 1. The Morgan fingerprint density at radius 3 is 2.42 bits per heavy atom. The van der Waals surface area contributed by atoms with Gasteiger partial charge in [0.1, 0.15) is 0 Å². The Morgan fingerprint density at radius 2 is 1.64 bits per heavy atom. The summed E-state index contributed by atoms with van der Waals surface area (Å²) in [5.74, 6) is -1.10. The Bertz CT molecular complexity index is 1180. The molecule has 3 heterocycles. The van der Waals surface area contributed by atoms with E-state index in [-0.39, 0.29) is 23.6 Å². The fraction of sp³-hybridized carbons (Fsp3) is 0.407. The van der Waals surface area contributed by atoms with Crippen molar-refractivity contribution < 1.29 is 19.2 Å². The van der Waals surface area contributed by atoms with E-state index in [2.05, 4.69) is 43.8 Å². The zero-order chi connectivity index (χ0) is 25.7. The predicted molar refractivity (Wildman–Crippen MR) is 141 cm³/mol. The van der Waals surface area contributed by atoms with E-state index in [0.717, 1.165) is 61.8 Å². The lowest BCUT2D eigenvalue weighted by Crippen LogP contribution is -2.49. The van der Waals surface area contributed by atoms with E-state index in [9.17, 15) is 19.2 Å². The van der Waals surface area contributed by atoms with Crippen LogP contribution >= 0.6 is 15.9 Å². The monoisotopic (exact) mass is 554 g/mol. The number of rotatable bonds is 7. The molecule has 0 aromatic heterocycles. The Balaban J connectivity index is 0.000000187. The number of carbonyl (C=O) groups excluding carboxylic acids is 4. The predicted octanol–water partition coefficient (Wildman–Crippen LogP) is 2.69. The molecule has 0 radical (unpaired) electrons. The molecule has 5 rings (SSSR count). The maximum absolute atomic E-state index is 11.9. The average molecular weight is 555 g/mol. The molecule has 4 amide bonds. The van der Waals surface area contributed by atoms with E-state index in [1.807, 2.05) is 18.2 Å². The van der Waals surface area contributed by atoms with Crippen LogP contribution in [0.5, 0.6) is 0 Å². The average Bonchev–Trinajstić information content (AvgIpc) is 3.32. The van der Waals surface area contributed by atoms with Crippen molar-refractivity contribution in [3.05, 3.63) is 69.8 Å². The molecule has 1 atom stereocenters. The fourth-order valence-corrected chi connectivity index (χ4v) is 5.32. The van der Waals surface area contributed by atoms with Crippen LogP contribution in [0.4, 0.5) is 0 Å². The molecular weight excluding hydrogens is 524 g/mol. The number of alkyl halides is 1. The van der Waals surface area contributed by atoms with Crippen molar-refractivity contribution >= 4 is 39.6 Å². The van der Waals surface area contributed by atoms with Crippen molar-refractivity contribution in [2.75, 3.05) is 32.0 Å². The molecule has 0 saturated carbocycles. The Labute approximate surface area is 219 Å². The molecule has 0 aliphatic carbocycles. The summed E-state index contributed by atoms with van der Waals surface area (Å²) >= 11 is 3.33. The maximum atomic E-state index is 11.9. The number of amides is 4. The Kier molecular flexibility index (Phi) is 8.66. The number of halogens is 1. The first-order valence-electron chi connectivity index (χ1n) is 12.3. The Hall–Kier alpha value is -2.88. The number of fused-ring (bicyclic) bond motifs is 2. The van der Waals surface area contributed by atoms with Gasteiger partial charge in [0.25, 0.3) is 23.6 Å². The summed E-state index contributed by atoms with van der Waals surface area (Å²) in [5.41, 5.74) is 4.14. The lowest BCUT2D eigenvalue weighted by Gasteiger charge is -2.33. The molecule has 3 aliphatic heterocycles. The molecular formula is C27H31BrN4O4. The molecule has 9 heteroatoms. The maximum Gasteiger partial charge on any atom is 0.259 e. The molecule has 0 spiro atoms. The van der Waals surface area contributed by atoms with Gasteiger partial charge in [0.05, 0.1) is 22.3 Å². The zero-order valence-corrected chi connectivity index (χ0v) is 21.9. The van der Waals surface area contributed by atoms with E-state index < -0.39 is 0 Å². The highest BCUT2D eigenvalue weighted by Gasteiger charge is 2.29. The fourth-order valence-electron chi connectivity index (χ4n) is 4.86. The summed E-state index contributed by atoms with van der Waals surface area (Å²) in [5, 5.41) is 8.92. The largest absolute Gasteiger partial charge is 0.314 e. The number of benzene rings is 2. The Morgan fingerprint density at radius 1 is 0.889 bits per heavy atom. The van der Waals surface area contributed by atoms with E-state index in [1.54, 1.807) is 18.2 Å². The van der Waals surface area contributed by atoms with E-state index in [4.69, 9.17) is 0 Å². The third-order valence-electron chi connectivity index (χ3n) is 6.91. The van der Waals surface area contributed by atoms with Crippen LogP contribution in [0, 0.1) is 0 Å². The SMILES string of the molecule is CN1CCNCC1CCCCc1cccc2c1C(=O)NC2=O.O=C1NC(=O)c2cc(CCBr)ccc21. The summed E-state index contributed by atoms with van der Waals surface area (Å²) in [6.07, 6.45) is 5.06. The van der Waals surface area contributed by atoms with Crippen molar-refractivity contribution in [1.82, 2.24) is 20.9 Å². The molecule has 0 bridgehead atoms. The molecule has 1 fully saturated rings. The van der Waals surface area contributed by atoms with Crippen LogP contribution < -0.4 is 16.0 Å². The standard InChI is InChI=1S/C17H23N3O2.C10H8BrNO2/c1-20-10-9-18-11-13(20)7-3-2-5-12-6-4-8-14-15(12)17(22)19-16(14)21;11-4-3-6-1-2-7-8(5-6)10(14)12-9(7)13/h4,6,8,13,18H,2-3,5,7,9-11H2,1H3,(H,19,21,22);1-2,5H,3-4H2,(H,12,13,14). The minimum atomic E-state index is -0.296. The van der Waals surface area contributed by atoms with Gasteiger partial charge in [-0.1, -0.05) is 40.5 Å². The van der Waals surface area contributed by atoms with Crippen molar-refractivity contribution in [3.63, 3.8) is 0 Å². The second kappa shape index (κ2) is 11.9. The van der Waals surface area contributed by atoms with E-state index in [1.165, 1.54) is 6.42 Å². The van der Waals surface area contributed by atoms with Crippen LogP contribution in [0.15, 0.2) is 36.4 Å². The summed E-state index contributed by atoms with van der Waals surface area (Å²) in [7, 11) is 2.19. The molecule has 8 nitrogen and oxygen atoms in total. The van der Waals surface area contributed by atoms with Gasteiger partial charge in [0, 0.05) is 31.0 Å². The first-order valence-corrected chi connectivity index (χ1v) is 13.4. The third kappa shape index (κ3) is 5.91. The van der Waals surface area contributed by atoms with E-state index in [0.29, 0.717) is 28.3 Å². The molecule has 36 heavy (non-hydrogen) atoms. The molecule has 3 N–H and O–H groups in total. The van der Waals surface area contributed by atoms with Gasteiger partial charge in [0.2, 0.25) is 0 Å². The van der Waals surface area contributed by atoms with Crippen molar-refractivity contribution in [1.29, 1.82) is 0 Å². The highest BCUT2D eigenvalue weighted by molar-refractivity contribution is 9.09. The number of imide groups is 2. The number of nitrogens with one attached hydrogen (secondary N) is 3. The molecule has 1 saturated heterocycles. The molecule has 1 unspecified atom stereocenters. The smallest absolute Gasteiger partial charge is 0.259 e. The van der Waals surface area contributed by atoms with Gasteiger partial charge in [-0.05, 0) is 62.1 Å². The highest BCUT2D eigenvalue weighted by atomic mass is 79.9. The van der Waals surface area contributed by atoms with Gasteiger partial charge < -0.3 is 10.2 Å². The first-order chi connectivity index (χ1) is 17.4. The van der Waals surface area contributed by atoms with Crippen LogP contribution in [0.3, 0.4) is 0 Å². The van der Waals surface area contributed by atoms with Gasteiger partial charge in [-0.25, -0.2) is 0 Å². The minimum Gasteiger partial charge on any atom is -0.314 e. The number of nitrogens with zero attached hydrogens (tertiary/aromatic N) is 1. The molecule has 3 aliphatic rings. The minimum absolute atomic E-state index is 0.244. The summed E-state index contributed by atoms with van der Waals surface area (Å²) in [6.45, 7) is 3.25. The number of hydrogen-bond acceptors (Lipinski definition) is 6. The van der Waals surface area contributed by atoms with Crippen molar-refractivity contribution in [3.8, 4) is 0 Å². The number of hydrogen-bond donors (Lipinski definition) is 3. The number of carbonyl (C=O) groups is 4. The van der Waals surface area contributed by atoms with Gasteiger partial charge in [-0.3, -0.25) is 29.8 Å². The second-order valence-corrected chi connectivity index (χ2v) is 10.1. The second-order valence-electron chi connectivity index (χ2n) is 9.31. The summed E-state index contributed by atoms with van der Waals surface area (Å²) < 4.78 is 0. The topological polar surface area (TPSA) is 108 Å². The lowest BCUT2D eigenvalue weighted by atomic mass is 9.97. The zero-order valence-electron chi connectivity index (χ0n) is 20.4. The summed E-state index contributed by atoms with van der Waals surface area (Å²) in [6, 6.07) is 11.5. The quantitative estimate of drug-likeness (QED) is 0.276. The lowest BCUT2D eigenvalue weighted by molar-refractivity contribution is 0.0863. The number of unbranched alkanes of at least 4 members (excludes halogenated alkanes) is 1. The van der Waals surface area contributed by atoms with Gasteiger partial charge >= 0.3 is 0 Å². The van der Waals surface area contributed by atoms with Crippen molar-refractivity contribution in [2.24, 2.45) is 0 Å². The van der Waals surface area contributed by atoms with Gasteiger partial charge in [-0.2, -0.15) is 0 Å².